The van der Waals surface area contributed by atoms with E-state index in [9.17, 15) is 22.7 Å². The number of rotatable bonds is 10. The van der Waals surface area contributed by atoms with Crippen LogP contribution in [0.3, 0.4) is 0 Å². The van der Waals surface area contributed by atoms with Gasteiger partial charge in [-0.15, -0.1) is 0 Å². The molecule has 1 heterocycles. The predicted molar refractivity (Wildman–Crippen MR) is 119 cm³/mol. The molecular formula is C22H25ClFNO6S. The smallest absolute Gasteiger partial charge is 0.161 e. The lowest BCUT2D eigenvalue weighted by molar-refractivity contribution is 0.0513. The number of sulfone groups is 1. The number of carbonyl (C=O) groups is 1. The van der Waals surface area contributed by atoms with Crippen LogP contribution < -0.4 is 9.47 Å². The molecule has 2 aromatic carbocycles. The van der Waals surface area contributed by atoms with Crippen LogP contribution in [0.15, 0.2) is 36.4 Å². The van der Waals surface area contributed by atoms with E-state index in [0.29, 0.717) is 29.8 Å². The molecule has 7 nitrogen and oxygen atoms in total. The van der Waals surface area contributed by atoms with Crippen molar-refractivity contribution in [2.45, 2.75) is 25.1 Å². The second-order valence-electron chi connectivity index (χ2n) is 7.68. The number of ether oxygens (including phenoxy) is 2. The lowest BCUT2D eigenvalue weighted by atomic mass is 10.1. The molecular weight excluding hydrogens is 461 g/mol. The summed E-state index contributed by atoms with van der Waals surface area (Å²) in [6, 6.07) is 8.63. The summed E-state index contributed by atoms with van der Waals surface area (Å²) in [5, 5.41) is 10.9. The highest BCUT2D eigenvalue weighted by Gasteiger charge is 2.34. The Morgan fingerprint density at radius 2 is 2.09 bits per heavy atom. The van der Waals surface area contributed by atoms with Crippen LogP contribution in [-0.2, 0) is 16.4 Å². The zero-order valence-electron chi connectivity index (χ0n) is 17.5. The highest BCUT2D eigenvalue weighted by atomic mass is 35.5. The van der Waals surface area contributed by atoms with E-state index in [-0.39, 0.29) is 47.8 Å². The molecule has 0 bridgehead atoms. The van der Waals surface area contributed by atoms with Crippen molar-refractivity contribution in [3.8, 4) is 11.5 Å². The first kappa shape index (κ1) is 24.4. The largest absolute Gasteiger partial charge is 0.493 e. The Bertz CT molecular complexity index is 1040. The molecule has 0 aliphatic carbocycles. The molecule has 0 saturated carbocycles. The number of hydrogen-bond acceptors (Lipinski definition) is 7. The van der Waals surface area contributed by atoms with Crippen molar-refractivity contribution in [1.82, 2.24) is 4.90 Å². The third-order valence-corrected chi connectivity index (χ3v) is 7.45. The minimum absolute atomic E-state index is 0.0477. The predicted octanol–water partition coefficient (Wildman–Crippen LogP) is 2.73. The van der Waals surface area contributed by atoms with E-state index in [2.05, 4.69) is 0 Å². The second kappa shape index (κ2) is 10.6. The van der Waals surface area contributed by atoms with Gasteiger partial charge < -0.3 is 14.6 Å². The number of hydrogen-bond donors (Lipinski definition) is 1. The summed E-state index contributed by atoms with van der Waals surface area (Å²) in [5.74, 6) is 0.191. The maximum atomic E-state index is 14.3. The number of benzene rings is 2. The van der Waals surface area contributed by atoms with Gasteiger partial charge in [0.2, 0.25) is 0 Å². The molecule has 2 atom stereocenters. The van der Waals surface area contributed by atoms with Gasteiger partial charge in [0.1, 0.15) is 24.8 Å². The number of aliphatic hydroxyl groups is 1. The first-order chi connectivity index (χ1) is 15.2. The number of halogens is 2. The Labute approximate surface area is 191 Å². The fourth-order valence-electron chi connectivity index (χ4n) is 3.68. The van der Waals surface area contributed by atoms with Crippen molar-refractivity contribution in [3.05, 3.63) is 58.4 Å². The van der Waals surface area contributed by atoms with Crippen molar-refractivity contribution in [2.75, 3.05) is 31.8 Å². The quantitative estimate of drug-likeness (QED) is 0.517. The third kappa shape index (κ3) is 6.19. The SMILES string of the molecule is COc1cc(C=O)ccc1OCC(O)CN(Cc1c(F)cccc1Cl)C1CCS(=O)(=O)C1. The monoisotopic (exact) mass is 485 g/mol. The molecule has 3 rings (SSSR count). The highest BCUT2D eigenvalue weighted by molar-refractivity contribution is 7.91. The van der Waals surface area contributed by atoms with Gasteiger partial charge in [0, 0.05) is 35.3 Å². The average Bonchev–Trinajstić information content (AvgIpc) is 3.13. The Kier molecular flexibility index (Phi) is 8.10. The summed E-state index contributed by atoms with van der Waals surface area (Å²) < 4.78 is 49.2. The molecule has 174 valence electrons. The Balaban J connectivity index is 1.72. The van der Waals surface area contributed by atoms with Gasteiger partial charge >= 0.3 is 0 Å². The summed E-state index contributed by atoms with van der Waals surface area (Å²) in [7, 11) is -1.75. The van der Waals surface area contributed by atoms with Crippen molar-refractivity contribution in [1.29, 1.82) is 0 Å². The molecule has 1 N–H and O–H groups in total. The van der Waals surface area contributed by atoms with Crippen LogP contribution in [0.25, 0.3) is 0 Å². The molecule has 0 amide bonds. The first-order valence-electron chi connectivity index (χ1n) is 10.0. The number of nitrogens with zero attached hydrogens (tertiary/aromatic N) is 1. The normalized spacial score (nSPS) is 18.5. The number of aldehydes is 1. The summed E-state index contributed by atoms with van der Waals surface area (Å²) in [4.78, 5) is 12.7. The molecule has 0 spiro atoms. The van der Waals surface area contributed by atoms with Gasteiger partial charge in [0.05, 0.1) is 18.6 Å². The van der Waals surface area contributed by atoms with Gasteiger partial charge in [0.15, 0.2) is 21.3 Å². The van der Waals surface area contributed by atoms with Crippen LogP contribution in [0, 0.1) is 5.82 Å². The third-order valence-electron chi connectivity index (χ3n) is 5.35. The van der Waals surface area contributed by atoms with Gasteiger partial charge in [-0.3, -0.25) is 9.69 Å². The minimum Gasteiger partial charge on any atom is -0.493 e. The van der Waals surface area contributed by atoms with Crippen LogP contribution >= 0.6 is 11.6 Å². The van der Waals surface area contributed by atoms with Crippen molar-refractivity contribution < 1.29 is 32.2 Å². The van der Waals surface area contributed by atoms with Gasteiger partial charge in [0.25, 0.3) is 0 Å². The lowest BCUT2D eigenvalue weighted by Gasteiger charge is -2.30. The van der Waals surface area contributed by atoms with Crippen LogP contribution in [0.2, 0.25) is 5.02 Å². The molecule has 1 aliphatic heterocycles. The van der Waals surface area contributed by atoms with E-state index < -0.39 is 21.8 Å². The van der Waals surface area contributed by atoms with E-state index >= 15 is 0 Å². The molecule has 0 radical (unpaired) electrons. The Hall–Kier alpha value is -2.20. The number of methoxy groups -OCH3 is 1. The maximum Gasteiger partial charge on any atom is 0.161 e. The van der Waals surface area contributed by atoms with E-state index in [0.717, 1.165) is 0 Å². The Morgan fingerprint density at radius 1 is 1.31 bits per heavy atom. The van der Waals surface area contributed by atoms with Crippen LogP contribution in [0.5, 0.6) is 11.5 Å². The van der Waals surface area contributed by atoms with E-state index in [4.69, 9.17) is 21.1 Å². The van der Waals surface area contributed by atoms with E-state index in [1.165, 1.54) is 25.3 Å². The first-order valence-corrected chi connectivity index (χ1v) is 12.2. The highest BCUT2D eigenvalue weighted by Crippen LogP contribution is 2.28. The molecule has 10 heteroatoms. The van der Waals surface area contributed by atoms with Crippen molar-refractivity contribution in [2.24, 2.45) is 0 Å². The zero-order valence-corrected chi connectivity index (χ0v) is 19.1. The molecule has 0 aromatic heterocycles. The van der Waals surface area contributed by atoms with Gasteiger partial charge in [-0.25, -0.2) is 12.8 Å². The summed E-state index contributed by atoms with van der Waals surface area (Å²) in [6.45, 7) is -0.00252. The zero-order chi connectivity index (χ0) is 23.3. The van der Waals surface area contributed by atoms with Gasteiger partial charge in [-0.2, -0.15) is 0 Å². The van der Waals surface area contributed by atoms with E-state index in [1.54, 1.807) is 23.1 Å². The molecule has 1 saturated heterocycles. The molecule has 1 aliphatic rings. The van der Waals surface area contributed by atoms with Gasteiger partial charge in [-0.05, 0) is 36.8 Å². The van der Waals surface area contributed by atoms with Crippen LogP contribution in [-0.4, -0.2) is 68.6 Å². The molecule has 1 fully saturated rings. The molecule has 32 heavy (non-hydrogen) atoms. The fraction of sp³-hybridized carbons (Fsp3) is 0.409. The standard InChI is InChI=1S/C22H25ClFNO6S/c1-30-22-9-15(12-26)5-6-21(22)31-13-17(27)10-25(16-7-8-32(28,29)14-16)11-18-19(23)3-2-4-20(18)24/h2-6,9,12,16-17,27H,7-8,10-11,13-14H2,1H3. The van der Waals surface area contributed by atoms with Crippen LogP contribution in [0.4, 0.5) is 4.39 Å². The second-order valence-corrected chi connectivity index (χ2v) is 10.3. The maximum absolute atomic E-state index is 14.3. The lowest BCUT2D eigenvalue weighted by Crippen LogP contribution is -2.42. The van der Waals surface area contributed by atoms with E-state index in [1.807, 2.05) is 0 Å². The number of carbonyl (C=O) groups excluding carboxylic acids is 1. The summed E-state index contributed by atoms with van der Waals surface area (Å²) in [5.41, 5.74) is 0.669. The Morgan fingerprint density at radius 3 is 2.72 bits per heavy atom. The van der Waals surface area contributed by atoms with Crippen LogP contribution in [0.1, 0.15) is 22.3 Å². The molecule has 2 unspecified atom stereocenters. The minimum atomic E-state index is -3.19. The fourth-order valence-corrected chi connectivity index (χ4v) is 5.66. The number of aliphatic hydroxyl groups excluding tert-OH is 1. The molecule has 2 aromatic rings. The van der Waals surface area contributed by atoms with Gasteiger partial charge in [-0.1, -0.05) is 17.7 Å². The van der Waals surface area contributed by atoms with Crippen molar-refractivity contribution >= 4 is 27.7 Å². The summed E-state index contributed by atoms with van der Waals surface area (Å²) in [6.07, 6.45) is 0.0742. The topological polar surface area (TPSA) is 93.1 Å². The van der Waals surface area contributed by atoms with Crippen molar-refractivity contribution in [3.63, 3.8) is 0 Å². The summed E-state index contributed by atoms with van der Waals surface area (Å²) >= 11 is 6.16. The average molecular weight is 486 g/mol.